The quantitative estimate of drug-likeness (QED) is 0.442. The van der Waals surface area contributed by atoms with Crippen molar-refractivity contribution in [2.75, 3.05) is 13.7 Å². The van der Waals surface area contributed by atoms with E-state index in [1.54, 1.807) is 32.0 Å². The molecule has 0 saturated heterocycles. The van der Waals surface area contributed by atoms with Gasteiger partial charge in [-0.1, -0.05) is 12.1 Å². The lowest BCUT2D eigenvalue weighted by Crippen LogP contribution is -2.19. The average Bonchev–Trinajstić information content (AvgIpc) is 2.28. The van der Waals surface area contributed by atoms with Crippen LogP contribution in [0, 0.1) is 6.92 Å². The minimum atomic E-state index is -0.852. The van der Waals surface area contributed by atoms with Gasteiger partial charge < -0.3 is 9.47 Å². The summed E-state index contributed by atoms with van der Waals surface area (Å²) in [7, 11) is 1.46. The Bertz CT molecular complexity index is 409. The molecule has 0 unspecified atom stereocenters. The van der Waals surface area contributed by atoms with Crippen molar-refractivity contribution in [1.29, 1.82) is 0 Å². The van der Waals surface area contributed by atoms with E-state index < -0.39 is 11.8 Å². The molecule has 4 heteroatoms. The standard InChI is InChI=1S/C12H14O4/c1-4-16-12(14)11(13)10-8(2)6-5-7-9(10)15-3/h5-7H,4H2,1-3H3. The molecule has 0 atom stereocenters. The number of benzene rings is 1. The molecule has 1 aromatic carbocycles. The van der Waals surface area contributed by atoms with E-state index in [4.69, 9.17) is 4.74 Å². The number of carbonyl (C=O) groups is 2. The van der Waals surface area contributed by atoms with Crippen LogP contribution in [0.5, 0.6) is 5.75 Å². The Morgan fingerprint density at radius 1 is 1.31 bits per heavy atom. The third-order valence-corrected chi connectivity index (χ3v) is 2.14. The fraction of sp³-hybridized carbons (Fsp3) is 0.333. The first-order valence-corrected chi connectivity index (χ1v) is 4.96. The monoisotopic (exact) mass is 222 g/mol. The normalized spacial score (nSPS) is 9.69. The van der Waals surface area contributed by atoms with Crippen molar-refractivity contribution < 1.29 is 19.1 Å². The summed E-state index contributed by atoms with van der Waals surface area (Å²) in [6.45, 7) is 3.58. The van der Waals surface area contributed by atoms with Crippen LogP contribution in [-0.2, 0) is 9.53 Å². The van der Waals surface area contributed by atoms with Gasteiger partial charge in [-0.05, 0) is 25.5 Å². The number of ether oxygens (including phenoxy) is 2. The zero-order chi connectivity index (χ0) is 12.1. The van der Waals surface area contributed by atoms with Crippen molar-refractivity contribution in [2.45, 2.75) is 13.8 Å². The summed E-state index contributed by atoms with van der Waals surface area (Å²) in [5, 5.41) is 0. The van der Waals surface area contributed by atoms with Gasteiger partial charge in [0.15, 0.2) is 0 Å². The van der Waals surface area contributed by atoms with E-state index in [1.165, 1.54) is 7.11 Å². The topological polar surface area (TPSA) is 52.6 Å². The largest absolute Gasteiger partial charge is 0.496 e. The fourth-order valence-corrected chi connectivity index (χ4v) is 1.40. The Labute approximate surface area is 94.2 Å². The molecule has 0 radical (unpaired) electrons. The molecule has 0 fully saturated rings. The summed E-state index contributed by atoms with van der Waals surface area (Å²) in [5.74, 6) is -1.13. The number of Topliss-reactive ketones (excluding diaryl/α,β-unsaturated/α-hetero) is 1. The maximum Gasteiger partial charge on any atom is 0.379 e. The maximum absolute atomic E-state index is 11.8. The minimum Gasteiger partial charge on any atom is -0.496 e. The second-order valence-corrected chi connectivity index (χ2v) is 3.20. The predicted molar refractivity (Wildman–Crippen MR) is 58.7 cm³/mol. The lowest BCUT2D eigenvalue weighted by molar-refractivity contribution is -0.137. The summed E-state index contributed by atoms with van der Waals surface area (Å²) < 4.78 is 9.72. The van der Waals surface area contributed by atoms with Gasteiger partial charge in [0, 0.05) is 0 Å². The molecular weight excluding hydrogens is 208 g/mol. The highest BCUT2D eigenvalue weighted by Crippen LogP contribution is 2.22. The molecule has 4 nitrogen and oxygen atoms in total. The van der Waals surface area contributed by atoms with E-state index in [0.717, 1.165) is 0 Å². The molecule has 86 valence electrons. The molecule has 0 aliphatic carbocycles. The van der Waals surface area contributed by atoms with Crippen LogP contribution in [0.3, 0.4) is 0 Å². The Kier molecular flexibility index (Phi) is 4.05. The van der Waals surface area contributed by atoms with Crippen LogP contribution in [0.1, 0.15) is 22.8 Å². The second-order valence-electron chi connectivity index (χ2n) is 3.20. The molecule has 0 aliphatic rings. The van der Waals surface area contributed by atoms with Gasteiger partial charge in [0.25, 0.3) is 5.78 Å². The van der Waals surface area contributed by atoms with Gasteiger partial charge in [-0.3, -0.25) is 4.79 Å². The van der Waals surface area contributed by atoms with Crippen molar-refractivity contribution >= 4 is 11.8 Å². The van der Waals surface area contributed by atoms with Crippen LogP contribution in [-0.4, -0.2) is 25.5 Å². The highest BCUT2D eigenvalue weighted by Gasteiger charge is 2.23. The first-order chi connectivity index (χ1) is 7.61. The highest BCUT2D eigenvalue weighted by molar-refractivity contribution is 6.41. The van der Waals surface area contributed by atoms with Gasteiger partial charge in [0.05, 0.1) is 19.3 Å². The molecule has 0 bridgehead atoms. The summed E-state index contributed by atoms with van der Waals surface area (Å²) >= 11 is 0. The molecule has 0 spiro atoms. The van der Waals surface area contributed by atoms with E-state index in [2.05, 4.69) is 4.74 Å². The Morgan fingerprint density at radius 3 is 2.56 bits per heavy atom. The summed E-state index contributed by atoms with van der Waals surface area (Å²) in [6, 6.07) is 5.14. The molecular formula is C12H14O4. The predicted octanol–water partition coefficient (Wildman–Crippen LogP) is 1.75. The van der Waals surface area contributed by atoms with Crippen LogP contribution < -0.4 is 4.74 Å². The molecule has 0 heterocycles. The smallest absolute Gasteiger partial charge is 0.379 e. The molecule has 0 aromatic heterocycles. The van der Waals surface area contributed by atoms with Crippen molar-refractivity contribution in [3.63, 3.8) is 0 Å². The molecule has 1 aromatic rings. The van der Waals surface area contributed by atoms with Crippen molar-refractivity contribution in [2.24, 2.45) is 0 Å². The van der Waals surface area contributed by atoms with E-state index in [9.17, 15) is 9.59 Å². The number of aryl methyl sites for hydroxylation is 1. The first-order valence-electron chi connectivity index (χ1n) is 4.96. The average molecular weight is 222 g/mol. The molecule has 1 rings (SSSR count). The van der Waals surface area contributed by atoms with E-state index in [1.807, 2.05) is 0 Å². The van der Waals surface area contributed by atoms with Gasteiger partial charge in [0.1, 0.15) is 5.75 Å². The third kappa shape index (κ3) is 2.39. The SMILES string of the molecule is CCOC(=O)C(=O)c1c(C)cccc1OC. The Balaban J connectivity index is 3.12. The number of carbonyl (C=O) groups excluding carboxylic acids is 2. The number of hydrogen-bond donors (Lipinski definition) is 0. The zero-order valence-corrected chi connectivity index (χ0v) is 9.57. The van der Waals surface area contributed by atoms with Crippen LogP contribution in [0.15, 0.2) is 18.2 Å². The maximum atomic E-state index is 11.8. The van der Waals surface area contributed by atoms with Gasteiger partial charge in [0.2, 0.25) is 0 Å². The molecule has 16 heavy (non-hydrogen) atoms. The number of esters is 1. The first kappa shape index (κ1) is 12.2. The second kappa shape index (κ2) is 5.30. The molecule has 0 aliphatic heterocycles. The molecule has 0 saturated carbocycles. The number of methoxy groups -OCH3 is 1. The number of hydrogen-bond acceptors (Lipinski definition) is 4. The molecule has 0 N–H and O–H groups in total. The lowest BCUT2D eigenvalue weighted by atomic mass is 10.0. The van der Waals surface area contributed by atoms with Gasteiger partial charge in [-0.15, -0.1) is 0 Å². The number of rotatable bonds is 4. The van der Waals surface area contributed by atoms with E-state index in [0.29, 0.717) is 11.3 Å². The van der Waals surface area contributed by atoms with Crippen molar-refractivity contribution in [3.05, 3.63) is 29.3 Å². The fourth-order valence-electron chi connectivity index (χ4n) is 1.40. The Morgan fingerprint density at radius 2 is 2.00 bits per heavy atom. The van der Waals surface area contributed by atoms with Crippen LogP contribution in [0.25, 0.3) is 0 Å². The van der Waals surface area contributed by atoms with E-state index >= 15 is 0 Å². The zero-order valence-electron chi connectivity index (χ0n) is 9.57. The van der Waals surface area contributed by atoms with Crippen molar-refractivity contribution in [1.82, 2.24) is 0 Å². The van der Waals surface area contributed by atoms with Crippen LogP contribution >= 0.6 is 0 Å². The van der Waals surface area contributed by atoms with Crippen molar-refractivity contribution in [3.8, 4) is 5.75 Å². The highest BCUT2D eigenvalue weighted by atomic mass is 16.5. The summed E-state index contributed by atoms with van der Waals surface area (Å²) in [4.78, 5) is 23.1. The number of ketones is 1. The van der Waals surface area contributed by atoms with Gasteiger partial charge >= 0.3 is 5.97 Å². The van der Waals surface area contributed by atoms with Crippen LogP contribution in [0.4, 0.5) is 0 Å². The van der Waals surface area contributed by atoms with Gasteiger partial charge in [-0.2, -0.15) is 0 Å². The summed E-state index contributed by atoms with van der Waals surface area (Å²) in [5.41, 5.74) is 0.959. The lowest BCUT2D eigenvalue weighted by Gasteiger charge is -2.09. The Hall–Kier alpha value is -1.84. The minimum absolute atomic E-state index is 0.179. The third-order valence-electron chi connectivity index (χ3n) is 2.14. The molecule has 0 amide bonds. The van der Waals surface area contributed by atoms with Gasteiger partial charge in [-0.25, -0.2) is 4.79 Å². The van der Waals surface area contributed by atoms with E-state index in [-0.39, 0.29) is 12.2 Å². The summed E-state index contributed by atoms with van der Waals surface area (Å²) in [6.07, 6.45) is 0. The van der Waals surface area contributed by atoms with Crippen LogP contribution in [0.2, 0.25) is 0 Å².